The summed E-state index contributed by atoms with van der Waals surface area (Å²) in [6, 6.07) is 10.4. The van der Waals surface area contributed by atoms with Gasteiger partial charge >= 0.3 is 0 Å². The molecule has 2 N–H and O–H groups in total. The Hall–Kier alpha value is -2.08. The Labute approximate surface area is 181 Å². The van der Waals surface area contributed by atoms with Crippen molar-refractivity contribution in [1.29, 1.82) is 0 Å². The third-order valence-electron chi connectivity index (χ3n) is 6.72. The molecule has 0 bridgehead atoms. The number of guanidine groups is 1. The molecular formula is C24H38N4O2. The van der Waals surface area contributed by atoms with Crippen LogP contribution in [0.25, 0.3) is 0 Å². The number of amides is 1. The summed E-state index contributed by atoms with van der Waals surface area (Å²) < 4.78 is 5.33. The number of nitrogens with one attached hydrogen (secondary N) is 2. The predicted octanol–water partition coefficient (Wildman–Crippen LogP) is 2.84. The van der Waals surface area contributed by atoms with Crippen molar-refractivity contribution < 1.29 is 9.53 Å². The van der Waals surface area contributed by atoms with E-state index in [1.54, 1.807) is 7.11 Å². The van der Waals surface area contributed by atoms with Crippen molar-refractivity contribution in [2.45, 2.75) is 44.9 Å². The molecule has 3 rings (SSSR count). The zero-order valence-corrected chi connectivity index (χ0v) is 18.7. The van der Waals surface area contributed by atoms with Crippen LogP contribution in [0, 0.1) is 11.3 Å². The van der Waals surface area contributed by atoms with Crippen LogP contribution < -0.4 is 10.6 Å². The van der Waals surface area contributed by atoms with E-state index in [4.69, 9.17) is 4.74 Å². The molecule has 0 spiro atoms. The van der Waals surface area contributed by atoms with Crippen molar-refractivity contribution in [1.82, 2.24) is 15.5 Å². The van der Waals surface area contributed by atoms with Crippen molar-refractivity contribution in [3.8, 4) is 0 Å². The maximum absolute atomic E-state index is 12.4. The second-order valence-corrected chi connectivity index (χ2v) is 8.90. The normalized spacial score (nSPS) is 21.3. The minimum absolute atomic E-state index is 0.269. The molecule has 0 radical (unpaired) electrons. The summed E-state index contributed by atoms with van der Waals surface area (Å²) in [5, 5.41) is 6.99. The monoisotopic (exact) mass is 414 g/mol. The van der Waals surface area contributed by atoms with E-state index in [0.29, 0.717) is 17.8 Å². The van der Waals surface area contributed by atoms with E-state index in [1.165, 1.54) is 31.2 Å². The average Bonchev–Trinajstić information content (AvgIpc) is 3.38. The fourth-order valence-corrected chi connectivity index (χ4v) is 4.81. The largest absolute Gasteiger partial charge is 0.385 e. The molecule has 2 aliphatic rings. The number of methoxy groups -OCH3 is 1. The number of likely N-dealkylation sites (tertiary alicyclic amines) is 1. The number of carbonyl (C=O) groups excluding carboxylic acids is 1. The van der Waals surface area contributed by atoms with Crippen LogP contribution in [0.2, 0.25) is 0 Å². The van der Waals surface area contributed by atoms with Gasteiger partial charge in [-0.3, -0.25) is 9.79 Å². The summed E-state index contributed by atoms with van der Waals surface area (Å²) in [7, 11) is 3.60. The molecule has 2 fully saturated rings. The fourth-order valence-electron chi connectivity index (χ4n) is 4.81. The number of rotatable bonds is 10. The average molecular weight is 415 g/mol. The van der Waals surface area contributed by atoms with Crippen LogP contribution in [0.4, 0.5) is 0 Å². The molecule has 6 heteroatoms. The van der Waals surface area contributed by atoms with Crippen LogP contribution in [-0.2, 0) is 16.0 Å². The molecule has 1 aliphatic heterocycles. The van der Waals surface area contributed by atoms with E-state index in [-0.39, 0.29) is 5.91 Å². The van der Waals surface area contributed by atoms with Crippen molar-refractivity contribution in [3.63, 3.8) is 0 Å². The quantitative estimate of drug-likeness (QED) is 0.456. The van der Waals surface area contributed by atoms with Crippen LogP contribution in [0.15, 0.2) is 35.3 Å². The Morgan fingerprint density at radius 1 is 1.23 bits per heavy atom. The molecular weight excluding hydrogens is 376 g/mol. The van der Waals surface area contributed by atoms with Gasteiger partial charge in [0.15, 0.2) is 5.96 Å². The minimum Gasteiger partial charge on any atom is -0.385 e. The Balaban J connectivity index is 1.41. The first-order chi connectivity index (χ1) is 14.6. The third-order valence-corrected chi connectivity index (χ3v) is 6.72. The first-order valence-corrected chi connectivity index (χ1v) is 11.4. The molecule has 1 aromatic rings. The fraction of sp³-hybridized carbons (Fsp3) is 0.667. The van der Waals surface area contributed by atoms with Gasteiger partial charge in [-0.05, 0) is 36.7 Å². The van der Waals surface area contributed by atoms with Gasteiger partial charge in [0, 0.05) is 59.3 Å². The summed E-state index contributed by atoms with van der Waals surface area (Å²) in [6.45, 7) is 4.15. The van der Waals surface area contributed by atoms with E-state index < -0.39 is 0 Å². The van der Waals surface area contributed by atoms with Crippen LogP contribution in [0.1, 0.15) is 44.1 Å². The zero-order chi connectivity index (χ0) is 21.2. The van der Waals surface area contributed by atoms with Crippen LogP contribution in [-0.4, -0.2) is 63.7 Å². The highest BCUT2D eigenvalue weighted by molar-refractivity contribution is 5.80. The number of nitrogens with zero attached hydrogens (tertiary/aromatic N) is 2. The molecule has 1 saturated carbocycles. The lowest BCUT2D eigenvalue weighted by molar-refractivity contribution is -0.127. The number of hydrogen-bond acceptors (Lipinski definition) is 3. The summed E-state index contributed by atoms with van der Waals surface area (Å²) in [5.74, 6) is 1.44. The highest BCUT2D eigenvalue weighted by Crippen LogP contribution is 2.40. The van der Waals surface area contributed by atoms with E-state index >= 15 is 0 Å². The second kappa shape index (κ2) is 11.3. The number of hydrogen-bond donors (Lipinski definition) is 2. The lowest BCUT2D eigenvalue weighted by atomic mass is 9.83. The molecule has 1 amide bonds. The highest BCUT2D eigenvalue weighted by Gasteiger charge is 2.34. The van der Waals surface area contributed by atoms with Gasteiger partial charge in [-0.2, -0.15) is 0 Å². The van der Waals surface area contributed by atoms with Crippen molar-refractivity contribution in [3.05, 3.63) is 35.9 Å². The third kappa shape index (κ3) is 6.46. The SMILES string of the molecule is CN=C(NCC1CC(=O)N(CCc2ccccc2)C1)NCC1(CCOC)CCCC1. The molecule has 166 valence electrons. The Kier molecular flexibility index (Phi) is 8.55. The van der Waals surface area contributed by atoms with Crippen LogP contribution in [0.3, 0.4) is 0 Å². The van der Waals surface area contributed by atoms with Gasteiger partial charge in [-0.1, -0.05) is 43.2 Å². The maximum atomic E-state index is 12.4. The molecule has 6 nitrogen and oxygen atoms in total. The van der Waals surface area contributed by atoms with E-state index in [9.17, 15) is 4.79 Å². The highest BCUT2D eigenvalue weighted by atomic mass is 16.5. The molecule has 1 atom stereocenters. The Bertz CT molecular complexity index is 686. The van der Waals surface area contributed by atoms with Crippen molar-refractivity contribution in [2.75, 3.05) is 46.9 Å². The van der Waals surface area contributed by atoms with Crippen molar-refractivity contribution >= 4 is 11.9 Å². The van der Waals surface area contributed by atoms with Gasteiger partial charge in [0.05, 0.1) is 0 Å². The van der Waals surface area contributed by atoms with Crippen molar-refractivity contribution in [2.24, 2.45) is 16.3 Å². The predicted molar refractivity (Wildman–Crippen MR) is 122 cm³/mol. The number of ether oxygens (including phenoxy) is 1. The van der Waals surface area contributed by atoms with E-state index in [0.717, 1.165) is 51.6 Å². The Morgan fingerprint density at radius 2 is 2.00 bits per heavy atom. The number of aliphatic imine (C=N–C) groups is 1. The van der Waals surface area contributed by atoms with Gasteiger partial charge in [0.1, 0.15) is 0 Å². The lowest BCUT2D eigenvalue weighted by Crippen LogP contribution is -2.45. The van der Waals surface area contributed by atoms with Gasteiger partial charge in [-0.25, -0.2) is 0 Å². The van der Waals surface area contributed by atoms with Gasteiger partial charge in [0.2, 0.25) is 5.91 Å². The molecule has 1 aliphatic carbocycles. The molecule has 30 heavy (non-hydrogen) atoms. The molecule has 1 saturated heterocycles. The topological polar surface area (TPSA) is 66.0 Å². The lowest BCUT2D eigenvalue weighted by Gasteiger charge is -2.30. The van der Waals surface area contributed by atoms with Crippen LogP contribution in [0.5, 0.6) is 0 Å². The first kappa shape index (κ1) is 22.6. The van der Waals surface area contributed by atoms with Crippen LogP contribution >= 0.6 is 0 Å². The number of benzene rings is 1. The van der Waals surface area contributed by atoms with Gasteiger partial charge < -0.3 is 20.3 Å². The summed E-state index contributed by atoms with van der Waals surface area (Å²) in [6.07, 6.45) is 7.76. The maximum Gasteiger partial charge on any atom is 0.223 e. The molecule has 1 unspecified atom stereocenters. The molecule has 1 heterocycles. The second-order valence-electron chi connectivity index (χ2n) is 8.90. The smallest absolute Gasteiger partial charge is 0.223 e. The zero-order valence-electron chi connectivity index (χ0n) is 18.7. The van der Waals surface area contributed by atoms with Gasteiger partial charge in [-0.15, -0.1) is 0 Å². The summed E-state index contributed by atoms with van der Waals surface area (Å²) in [4.78, 5) is 18.8. The van der Waals surface area contributed by atoms with E-state index in [1.807, 2.05) is 18.0 Å². The van der Waals surface area contributed by atoms with Gasteiger partial charge in [0.25, 0.3) is 0 Å². The number of carbonyl (C=O) groups is 1. The standard InChI is InChI=1S/C24H38N4O2/c1-25-23(27-19-24(13-15-30-2)11-6-7-12-24)26-17-21-16-22(29)28(18-21)14-10-20-8-4-3-5-9-20/h3-5,8-9,21H,6-7,10-19H2,1-2H3,(H2,25,26,27). The molecule has 1 aromatic carbocycles. The Morgan fingerprint density at radius 3 is 2.70 bits per heavy atom. The molecule has 0 aromatic heterocycles. The summed E-state index contributed by atoms with van der Waals surface area (Å²) in [5.41, 5.74) is 1.61. The van der Waals surface area contributed by atoms with E-state index in [2.05, 4.69) is 39.9 Å². The first-order valence-electron chi connectivity index (χ1n) is 11.4. The minimum atomic E-state index is 0.269. The summed E-state index contributed by atoms with van der Waals surface area (Å²) >= 11 is 0.